The van der Waals surface area contributed by atoms with Crippen LogP contribution in [0.3, 0.4) is 0 Å². The molecule has 0 spiro atoms. The molecule has 148 valence electrons. The number of amides is 1. The fourth-order valence-corrected chi connectivity index (χ4v) is 4.79. The van der Waals surface area contributed by atoms with Crippen LogP contribution in [0.4, 0.5) is 0 Å². The fraction of sp³-hybridized carbons (Fsp3) is 0.458. The molecule has 0 aromatic heterocycles. The zero-order valence-electron chi connectivity index (χ0n) is 16.6. The van der Waals surface area contributed by atoms with Crippen molar-refractivity contribution >= 4 is 5.91 Å². The minimum Gasteiger partial charge on any atom is -0.494 e. The number of fused-ring (bicyclic) bond motifs is 2. The van der Waals surface area contributed by atoms with Crippen molar-refractivity contribution in [2.45, 2.75) is 63.7 Å². The van der Waals surface area contributed by atoms with Gasteiger partial charge in [0.25, 0.3) is 5.91 Å². The van der Waals surface area contributed by atoms with Gasteiger partial charge >= 0.3 is 0 Å². The van der Waals surface area contributed by atoms with Gasteiger partial charge in [0.1, 0.15) is 5.75 Å². The number of carbonyl (C=O) groups is 1. The molecule has 28 heavy (non-hydrogen) atoms. The Hall–Kier alpha value is -2.33. The molecule has 2 bridgehead atoms. The smallest absolute Gasteiger partial charge is 0.251 e. The highest BCUT2D eigenvalue weighted by molar-refractivity contribution is 5.94. The minimum atomic E-state index is 0.0302. The zero-order chi connectivity index (χ0) is 19.3. The SMILES string of the molecule is CCOc1ccc(C(=O)NC2C[C@H]3CCC[C@@H](C2)N3Cc2ccccc2)cc1. The second-order valence-electron chi connectivity index (χ2n) is 8.00. The summed E-state index contributed by atoms with van der Waals surface area (Å²) in [5, 5.41) is 3.29. The number of benzene rings is 2. The van der Waals surface area contributed by atoms with E-state index in [4.69, 9.17) is 4.74 Å². The van der Waals surface area contributed by atoms with E-state index < -0.39 is 0 Å². The summed E-state index contributed by atoms with van der Waals surface area (Å²) in [5.74, 6) is 0.838. The summed E-state index contributed by atoms with van der Waals surface area (Å²) in [6.07, 6.45) is 5.87. The lowest BCUT2D eigenvalue weighted by atomic mass is 9.81. The topological polar surface area (TPSA) is 41.6 Å². The number of piperidine rings is 2. The van der Waals surface area contributed by atoms with Crippen molar-refractivity contribution in [3.05, 3.63) is 65.7 Å². The van der Waals surface area contributed by atoms with Crippen LogP contribution in [0.25, 0.3) is 0 Å². The summed E-state index contributed by atoms with van der Waals surface area (Å²) in [6, 6.07) is 19.6. The van der Waals surface area contributed by atoms with Gasteiger partial charge in [-0.25, -0.2) is 0 Å². The molecule has 3 atom stereocenters. The average molecular weight is 379 g/mol. The number of nitrogens with one attached hydrogen (secondary N) is 1. The van der Waals surface area contributed by atoms with Crippen molar-refractivity contribution in [3.8, 4) is 5.75 Å². The summed E-state index contributed by atoms with van der Waals surface area (Å²) in [5.41, 5.74) is 2.09. The highest BCUT2D eigenvalue weighted by atomic mass is 16.5. The summed E-state index contributed by atoms with van der Waals surface area (Å²) in [4.78, 5) is 15.4. The lowest BCUT2D eigenvalue weighted by molar-refractivity contribution is 0.0177. The maximum absolute atomic E-state index is 12.7. The van der Waals surface area contributed by atoms with Gasteiger partial charge in [0, 0.05) is 30.2 Å². The molecule has 0 saturated carbocycles. The molecular weight excluding hydrogens is 348 g/mol. The Bertz CT molecular complexity index is 761. The van der Waals surface area contributed by atoms with E-state index in [1.807, 2.05) is 31.2 Å². The van der Waals surface area contributed by atoms with E-state index in [-0.39, 0.29) is 11.9 Å². The van der Waals surface area contributed by atoms with E-state index in [1.165, 1.54) is 24.8 Å². The fourth-order valence-electron chi connectivity index (χ4n) is 4.79. The molecule has 0 radical (unpaired) electrons. The summed E-state index contributed by atoms with van der Waals surface area (Å²) >= 11 is 0. The van der Waals surface area contributed by atoms with Gasteiger partial charge in [-0.05, 0) is 62.4 Å². The number of hydrogen-bond acceptors (Lipinski definition) is 3. The predicted molar refractivity (Wildman–Crippen MR) is 112 cm³/mol. The number of nitrogens with zero attached hydrogens (tertiary/aromatic N) is 1. The summed E-state index contributed by atoms with van der Waals surface area (Å²) in [7, 11) is 0. The molecule has 4 heteroatoms. The van der Waals surface area contributed by atoms with Gasteiger partial charge in [-0.2, -0.15) is 0 Å². The molecular formula is C24H30N2O2. The van der Waals surface area contributed by atoms with Crippen molar-refractivity contribution in [2.75, 3.05) is 6.61 Å². The third kappa shape index (κ3) is 4.39. The standard InChI is InChI=1S/C24H30N2O2/c1-2-28-23-13-11-19(12-14-23)24(27)25-20-15-21-9-6-10-22(16-20)26(21)17-18-7-4-3-5-8-18/h3-5,7-8,11-14,20-22H,2,6,9-10,15-17H2,1H3,(H,25,27)/t20?,21-,22+. The first-order chi connectivity index (χ1) is 13.7. The lowest BCUT2D eigenvalue weighted by Crippen LogP contribution is -2.56. The highest BCUT2D eigenvalue weighted by Gasteiger charge is 2.38. The van der Waals surface area contributed by atoms with E-state index in [2.05, 4.69) is 40.5 Å². The minimum absolute atomic E-state index is 0.0302. The molecule has 1 unspecified atom stereocenters. The molecule has 2 saturated heterocycles. The number of hydrogen-bond donors (Lipinski definition) is 1. The molecule has 0 aliphatic carbocycles. The quantitative estimate of drug-likeness (QED) is 0.810. The third-order valence-electron chi connectivity index (χ3n) is 6.10. The Morgan fingerprint density at radius 3 is 2.36 bits per heavy atom. The van der Waals surface area contributed by atoms with Crippen LogP contribution in [0.15, 0.2) is 54.6 Å². The molecule has 4 rings (SSSR count). The van der Waals surface area contributed by atoms with Crippen molar-refractivity contribution in [2.24, 2.45) is 0 Å². The van der Waals surface area contributed by atoms with E-state index in [1.54, 1.807) is 0 Å². The van der Waals surface area contributed by atoms with Crippen molar-refractivity contribution in [1.82, 2.24) is 10.2 Å². The maximum atomic E-state index is 12.7. The largest absolute Gasteiger partial charge is 0.494 e. The molecule has 2 aliphatic rings. The Labute approximate surface area is 167 Å². The van der Waals surface area contributed by atoms with Crippen LogP contribution in [0.1, 0.15) is 54.9 Å². The van der Waals surface area contributed by atoms with Crippen LogP contribution in [0.5, 0.6) is 5.75 Å². The molecule has 2 fully saturated rings. The molecule has 2 heterocycles. The predicted octanol–water partition coefficient (Wildman–Crippen LogP) is 4.40. The van der Waals surface area contributed by atoms with Gasteiger partial charge in [-0.15, -0.1) is 0 Å². The van der Waals surface area contributed by atoms with E-state index >= 15 is 0 Å². The summed E-state index contributed by atoms with van der Waals surface area (Å²) in [6.45, 7) is 3.62. The van der Waals surface area contributed by atoms with Crippen LogP contribution < -0.4 is 10.1 Å². The van der Waals surface area contributed by atoms with Gasteiger partial charge < -0.3 is 10.1 Å². The van der Waals surface area contributed by atoms with Crippen molar-refractivity contribution < 1.29 is 9.53 Å². The first-order valence-electron chi connectivity index (χ1n) is 10.6. The van der Waals surface area contributed by atoms with Gasteiger partial charge in [-0.1, -0.05) is 36.8 Å². The first kappa shape index (κ1) is 19.0. The molecule has 4 nitrogen and oxygen atoms in total. The molecule has 1 N–H and O–H groups in total. The van der Waals surface area contributed by atoms with Crippen molar-refractivity contribution in [3.63, 3.8) is 0 Å². The Morgan fingerprint density at radius 1 is 1.04 bits per heavy atom. The molecule has 1 amide bonds. The van der Waals surface area contributed by atoms with Crippen LogP contribution in [0.2, 0.25) is 0 Å². The Balaban J connectivity index is 1.37. The maximum Gasteiger partial charge on any atom is 0.251 e. The molecule has 2 aromatic carbocycles. The summed E-state index contributed by atoms with van der Waals surface area (Å²) < 4.78 is 5.46. The second kappa shape index (κ2) is 8.78. The molecule has 2 aromatic rings. The Kier molecular flexibility index (Phi) is 5.96. The van der Waals surface area contributed by atoms with Gasteiger partial charge in [0.2, 0.25) is 0 Å². The van der Waals surface area contributed by atoms with Gasteiger partial charge in [-0.3, -0.25) is 9.69 Å². The molecule has 2 aliphatic heterocycles. The van der Waals surface area contributed by atoms with Gasteiger partial charge in [0.15, 0.2) is 0 Å². The van der Waals surface area contributed by atoms with Gasteiger partial charge in [0.05, 0.1) is 6.61 Å². The number of rotatable bonds is 6. The monoisotopic (exact) mass is 378 g/mol. The van der Waals surface area contributed by atoms with E-state index in [0.29, 0.717) is 24.3 Å². The van der Waals surface area contributed by atoms with Crippen LogP contribution in [-0.4, -0.2) is 35.5 Å². The lowest BCUT2D eigenvalue weighted by Gasteiger charge is -2.49. The second-order valence-corrected chi connectivity index (χ2v) is 8.00. The normalized spacial score (nSPS) is 24.5. The van der Waals surface area contributed by atoms with E-state index in [0.717, 1.165) is 25.1 Å². The first-order valence-corrected chi connectivity index (χ1v) is 10.6. The van der Waals surface area contributed by atoms with Crippen LogP contribution in [-0.2, 0) is 6.54 Å². The van der Waals surface area contributed by atoms with E-state index in [9.17, 15) is 4.79 Å². The van der Waals surface area contributed by atoms with Crippen LogP contribution >= 0.6 is 0 Å². The number of ether oxygens (including phenoxy) is 1. The number of carbonyl (C=O) groups excluding carboxylic acids is 1. The third-order valence-corrected chi connectivity index (χ3v) is 6.10. The zero-order valence-corrected chi connectivity index (χ0v) is 16.6. The van der Waals surface area contributed by atoms with Crippen molar-refractivity contribution in [1.29, 1.82) is 0 Å². The van der Waals surface area contributed by atoms with Crippen LogP contribution in [0, 0.1) is 0 Å². The average Bonchev–Trinajstić information content (AvgIpc) is 2.70. The Morgan fingerprint density at radius 2 is 1.71 bits per heavy atom. The highest BCUT2D eigenvalue weighted by Crippen LogP contribution is 2.35.